The van der Waals surface area contributed by atoms with Gasteiger partial charge in [0.05, 0.1) is 12.8 Å². The number of rotatable bonds is 3. The Bertz CT molecular complexity index is 778. The highest BCUT2D eigenvalue weighted by atomic mass is 16.5. The quantitative estimate of drug-likeness (QED) is 0.914. The lowest BCUT2D eigenvalue weighted by Gasteiger charge is -2.08. The number of aromatic nitrogens is 2. The van der Waals surface area contributed by atoms with Gasteiger partial charge in [-0.2, -0.15) is 0 Å². The van der Waals surface area contributed by atoms with Crippen LogP contribution in [-0.4, -0.2) is 22.5 Å². The number of carbonyl (C=O) groups excluding carboxylic acids is 1. The minimum atomic E-state index is -0.115. The molecule has 2 N–H and O–H groups in total. The summed E-state index contributed by atoms with van der Waals surface area (Å²) in [4.78, 5) is 18.7. The van der Waals surface area contributed by atoms with Crippen molar-refractivity contribution in [3.05, 3.63) is 41.2 Å². The summed E-state index contributed by atoms with van der Waals surface area (Å²) in [7, 11) is 0. The van der Waals surface area contributed by atoms with Crippen LogP contribution in [0.1, 0.15) is 49.4 Å². The van der Waals surface area contributed by atoms with Crippen molar-refractivity contribution in [2.45, 2.75) is 39.0 Å². The number of H-pyrrole nitrogens is 1. The molecule has 0 spiro atoms. The van der Waals surface area contributed by atoms with Crippen LogP contribution < -0.4 is 10.1 Å². The molecule has 0 radical (unpaired) electrons. The van der Waals surface area contributed by atoms with Gasteiger partial charge in [-0.05, 0) is 23.0 Å². The van der Waals surface area contributed by atoms with E-state index in [1.54, 1.807) is 0 Å². The van der Waals surface area contributed by atoms with Crippen LogP contribution in [0.2, 0.25) is 0 Å². The van der Waals surface area contributed by atoms with Gasteiger partial charge in [-0.3, -0.25) is 10.1 Å². The molecular weight excluding hydrogens is 290 g/mol. The third kappa shape index (κ3) is 2.22. The zero-order chi connectivity index (χ0) is 16.2. The first-order valence-electron chi connectivity index (χ1n) is 8.05. The number of fused-ring (bicyclic) bond motifs is 1. The van der Waals surface area contributed by atoms with E-state index in [4.69, 9.17) is 4.74 Å². The van der Waals surface area contributed by atoms with Crippen LogP contribution in [0.4, 0.5) is 5.95 Å². The Kier molecular flexibility index (Phi) is 3.01. The Hall–Kier alpha value is -2.30. The van der Waals surface area contributed by atoms with Crippen molar-refractivity contribution in [3.8, 4) is 5.75 Å². The number of hydrogen-bond acceptors (Lipinski definition) is 3. The van der Waals surface area contributed by atoms with Crippen molar-refractivity contribution in [1.29, 1.82) is 0 Å². The first-order chi connectivity index (χ1) is 11.0. The summed E-state index contributed by atoms with van der Waals surface area (Å²) in [5.74, 6) is 2.27. The first-order valence-corrected chi connectivity index (χ1v) is 8.05. The molecule has 2 heterocycles. The fraction of sp³-hybridized carbons (Fsp3) is 0.444. The average Bonchev–Trinajstić information content (AvgIpc) is 2.92. The number of imidazole rings is 1. The molecule has 5 heteroatoms. The standard InChI is InChI=1S/C18H21N3O2/c1-10(22)20-17-19-9-13(21-17)16-15(18(16,2)3)12-5-4-6-14-11(12)7-8-23-14/h4-6,9,15-16H,7-8H2,1-3H3,(H2,19,20,21,22)/t15-,16-/m0/s1. The van der Waals surface area contributed by atoms with Crippen LogP contribution in [0.3, 0.4) is 0 Å². The van der Waals surface area contributed by atoms with Crippen molar-refractivity contribution in [2.24, 2.45) is 5.41 Å². The number of nitrogens with one attached hydrogen (secondary N) is 2. The SMILES string of the molecule is CC(=O)Nc1ncc([C@H]2[C@H](c3cccc4c3CCO4)C2(C)C)[nH]1. The summed E-state index contributed by atoms with van der Waals surface area (Å²) in [6.07, 6.45) is 2.84. The third-order valence-corrected chi connectivity index (χ3v) is 5.17. The second-order valence-electron chi connectivity index (χ2n) is 7.07. The number of nitrogens with zero attached hydrogens (tertiary/aromatic N) is 1. The van der Waals surface area contributed by atoms with Crippen LogP contribution in [0, 0.1) is 5.41 Å². The zero-order valence-corrected chi connectivity index (χ0v) is 13.6. The van der Waals surface area contributed by atoms with Gasteiger partial charge in [0.2, 0.25) is 11.9 Å². The van der Waals surface area contributed by atoms with Crippen LogP contribution in [0.5, 0.6) is 5.75 Å². The van der Waals surface area contributed by atoms with Crippen LogP contribution in [0.25, 0.3) is 0 Å². The molecule has 0 unspecified atom stereocenters. The van der Waals surface area contributed by atoms with Crippen LogP contribution >= 0.6 is 0 Å². The van der Waals surface area contributed by atoms with Gasteiger partial charge in [0.1, 0.15) is 5.75 Å². The summed E-state index contributed by atoms with van der Waals surface area (Å²) in [6, 6.07) is 6.37. The molecule has 1 aliphatic heterocycles. The van der Waals surface area contributed by atoms with E-state index in [9.17, 15) is 4.79 Å². The van der Waals surface area contributed by atoms with Crippen LogP contribution in [-0.2, 0) is 11.2 Å². The van der Waals surface area contributed by atoms with Gasteiger partial charge in [-0.15, -0.1) is 0 Å². The fourth-order valence-corrected chi connectivity index (χ4v) is 4.06. The topological polar surface area (TPSA) is 67.0 Å². The molecule has 1 saturated carbocycles. The first kappa shape index (κ1) is 14.3. The van der Waals surface area contributed by atoms with Gasteiger partial charge in [-0.1, -0.05) is 26.0 Å². The van der Waals surface area contributed by atoms with E-state index in [1.165, 1.54) is 18.1 Å². The molecule has 1 fully saturated rings. The molecule has 1 aromatic heterocycles. The normalized spacial score (nSPS) is 24.0. The van der Waals surface area contributed by atoms with Gasteiger partial charge in [0.25, 0.3) is 0 Å². The fourth-order valence-electron chi connectivity index (χ4n) is 4.06. The predicted octanol–water partition coefficient (Wildman–Crippen LogP) is 3.21. The number of amides is 1. The Morgan fingerprint density at radius 2 is 2.22 bits per heavy atom. The third-order valence-electron chi connectivity index (χ3n) is 5.17. The van der Waals surface area contributed by atoms with E-state index in [1.807, 2.05) is 6.20 Å². The highest BCUT2D eigenvalue weighted by molar-refractivity contribution is 5.86. The summed E-state index contributed by atoms with van der Waals surface area (Å²) in [5, 5.41) is 2.71. The number of hydrogen-bond donors (Lipinski definition) is 2. The molecule has 1 aliphatic carbocycles. The number of ether oxygens (including phenoxy) is 1. The molecule has 120 valence electrons. The molecular formula is C18H21N3O2. The summed E-state index contributed by atoms with van der Waals surface area (Å²) in [6.45, 7) is 6.84. The highest BCUT2D eigenvalue weighted by Crippen LogP contribution is 2.70. The molecule has 5 nitrogen and oxygen atoms in total. The van der Waals surface area contributed by atoms with Gasteiger partial charge < -0.3 is 9.72 Å². The lowest BCUT2D eigenvalue weighted by molar-refractivity contribution is -0.114. The van der Waals surface area contributed by atoms with E-state index in [-0.39, 0.29) is 11.3 Å². The van der Waals surface area contributed by atoms with E-state index in [2.05, 4.69) is 47.3 Å². The second-order valence-corrected chi connectivity index (χ2v) is 7.07. The lowest BCUT2D eigenvalue weighted by Crippen LogP contribution is -2.07. The van der Waals surface area contributed by atoms with Crippen molar-refractivity contribution < 1.29 is 9.53 Å². The average molecular weight is 311 g/mol. The molecule has 0 bridgehead atoms. The molecule has 0 saturated heterocycles. The molecule has 2 aromatic rings. The van der Waals surface area contributed by atoms with Gasteiger partial charge in [0.15, 0.2) is 0 Å². The van der Waals surface area contributed by atoms with E-state index in [0.717, 1.165) is 24.5 Å². The van der Waals surface area contributed by atoms with Gasteiger partial charge >= 0.3 is 0 Å². The Morgan fingerprint density at radius 1 is 1.39 bits per heavy atom. The molecule has 4 rings (SSSR count). The summed E-state index contributed by atoms with van der Waals surface area (Å²) >= 11 is 0. The zero-order valence-electron chi connectivity index (χ0n) is 13.6. The number of carbonyl (C=O) groups is 1. The van der Waals surface area contributed by atoms with Crippen molar-refractivity contribution in [1.82, 2.24) is 9.97 Å². The predicted molar refractivity (Wildman–Crippen MR) is 87.8 cm³/mol. The maximum Gasteiger partial charge on any atom is 0.223 e. The van der Waals surface area contributed by atoms with Gasteiger partial charge in [-0.25, -0.2) is 4.98 Å². The van der Waals surface area contributed by atoms with E-state index in [0.29, 0.717) is 17.8 Å². The number of aromatic amines is 1. The Labute approximate surface area is 135 Å². The number of benzene rings is 1. The maximum absolute atomic E-state index is 11.2. The number of anilines is 1. The van der Waals surface area contributed by atoms with Crippen molar-refractivity contribution >= 4 is 11.9 Å². The van der Waals surface area contributed by atoms with E-state index < -0.39 is 0 Å². The molecule has 2 atom stereocenters. The highest BCUT2D eigenvalue weighted by Gasteiger charge is 2.60. The Balaban J connectivity index is 1.65. The van der Waals surface area contributed by atoms with Crippen molar-refractivity contribution in [2.75, 3.05) is 11.9 Å². The van der Waals surface area contributed by atoms with Crippen LogP contribution in [0.15, 0.2) is 24.4 Å². The maximum atomic E-state index is 11.2. The second kappa shape index (κ2) is 4.85. The van der Waals surface area contributed by atoms with E-state index >= 15 is 0 Å². The monoisotopic (exact) mass is 311 g/mol. The summed E-state index contributed by atoms with van der Waals surface area (Å²) < 4.78 is 5.71. The molecule has 2 aliphatic rings. The Morgan fingerprint density at radius 3 is 3.00 bits per heavy atom. The molecule has 1 aromatic carbocycles. The smallest absolute Gasteiger partial charge is 0.223 e. The largest absolute Gasteiger partial charge is 0.493 e. The van der Waals surface area contributed by atoms with Gasteiger partial charge in [0, 0.05) is 30.5 Å². The van der Waals surface area contributed by atoms with Crippen molar-refractivity contribution in [3.63, 3.8) is 0 Å². The summed E-state index contributed by atoms with van der Waals surface area (Å²) in [5.41, 5.74) is 4.00. The minimum absolute atomic E-state index is 0.115. The lowest BCUT2D eigenvalue weighted by atomic mass is 9.96. The molecule has 23 heavy (non-hydrogen) atoms. The molecule has 1 amide bonds. The minimum Gasteiger partial charge on any atom is -0.493 e.